The summed E-state index contributed by atoms with van der Waals surface area (Å²) < 4.78 is 20.7. The van der Waals surface area contributed by atoms with Crippen molar-refractivity contribution in [3.05, 3.63) is 59.2 Å². The Kier molecular flexibility index (Phi) is 6.58. The molecule has 1 amide bonds. The Morgan fingerprint density at radius 3 is 2.54 bits per heavy atom. The normalized spacial score (nSPS) is 11.8. The minimum atomic E-state index is -0.507. The van der Waals surface area contributed by atoms with Crippen LogP contribution in [0.25, 0.3) is 16.6 Å². The predicted octanol–water partition coefficient (Wildman–Crippen LogP) is 3.30. The van der Waals surface area contributed by atoms with Gasteiger partial charge in [-0.3, -0.25) is 4.79 Å². The highest BCUT2D eigenvalue weighted by atomic mass is 19.1. The SMILES string of the molecule is COc1cc2nc(N)n3nc(CCCCN(C)C(=O)c4ccc(C(C)(C)N)cc4)nc3c2cc1F. The first-order valence-electron chi connectivity index (χ1n) is 11.4. The molecule has 184 valence electrons. The van der Waals surface area contributed by atoms with Gasteiger partial charge in [-0.25, -0.2) is 14.4 Å². The van der Waals surface area contributed by atoms with E-state index in [9.17, 15) is 9.18 Å². The van der Waals surface area contributed by atoms with Crippen molar-refractivity contribution in [2.24, 2.45) is 5.73 Å². The summed E-state index contributed by atoms with van der Waals surface area (Å²) in [6, 6.07) is 10.2. The van der Waals surface area contributed by atoms with Crippen LogP contribution in [0.3, 0.4) is 0 Å². The Morgan fingerprint density at radius 1 is 1.17 bits per heavy atom. The zero-order valence-corrected chi connectivity index (χ0v) is 20.4. The first kappa shape index (κ1) is 24.3. The molecule has 0 aliphatic carbocycles. The molecule has 0 fully saturated rings. The van der Waals surface area contributed by atoms with E-state index in [1.165, 1.54) is 23.8 Å². The second-order valence-corrected chi connectivity index (χ2v) is 9.22. The first-order valence-corrected chi connectivity index (χ1v) is 11.4. The van der Waals surface area contributed by atoms with Gasteiger partial charge in [0.25, 0.3) is 5.91 Å². The lowest BCUT2D eigenvalue weighted by molar-refractivity contribution is 0.0792. The topological polar surface area (TPSA) is 125 Å². The number of nitrogens with zero attached hydrogens (tertiary/aromatic N) is 5. The Hall–Kier alpha value is -3.79. The number of amides is 1. The zero-order valence-electron chi connectivity index (χ0n) is 20.4. The minimum absolute atomic E-state index is 0.0417. The number of ether oxygens (including phenoxy) is 1. The molecule has 4 aromatic rings. The van der Waals surface area contributed by atoms with E-state index in [1.54, 1.807) is 11.9 Å². The number of anilines is 1. The molecule has 9 nitrogen and oxygen atoms in total. The lowest BCUT2D eigenvalue weighted by atomic mass is 9.95. The smallest absolute Gasteiger partial charge is 0.253 e. The maximum absolute atomic E-state index is 14.3. The molecule has 2 heterocycles. The molecule has 4 rings (SSSR count). The average Bonchev–Trinajstić information content (AvgIpc) is 3.26. The molecule has 0 bridgehead atoms. The van der Waals surface area contributed by atoms with Crippen LogP contribution in [-0.4, -0.2) is 51.1 Å². The molecular weight excluding hydrogens is 449 g/mol. The van der Waals surface area contributed by atoms with Gasteiger partial charge in [0.05, 0.1) is 12.6 Å². The van der Waals surface area contributed by atoms with E-state index in [2.05, 4.69) is 15.1 Å². The van der Waals surface area contributed by atoms with Crippen LogP contribution >= 0.6 is 0 Å². The van der Waals surface area contributed by atoms with E-state index in [4.69, 9.17) is 16.2 Å². The summed E-state index contributed by atoms with van der Waals surface area (Å²) in [5.74, 6) is 0.281. The summed E-state index contributed by atoms with van der Waals surface area (Å²) in [6.07, 6.45) is 2.12. The van der Waals surface area contributed by atoms with Gasteiger partial charge in [-0.05, 0) is 50.5 Å². The van der Waals surface area contributed by atoms with Crippen LogP contribution in [0, 0.1) is 5.82 Å². The number of unbranched alkanes of at least 4 members (excludes halogenated alkanes) is 1. The fraction of sp³-hybridized carbons (Fsp3) is 0.360. The molecule has 0 saturated heterocycles. The highest BCUT2D eigenvalue weighted by Gasteiger charge is 2.17. The number of aryl methyl sites for hydroxylation is 1. The number of nitrogens with two attached hydrogens (primary N) is 2. The van der Waals surface area contributed by atoms with Gasteiger partial charge < -0.3 is 21.1 Å². The number of rotatable bonds is 8. The molecule has 0 spiro atoms. The number of methoxy groups -OCH3 is 1. The quantitative estimate of drug-likeness (QED) is 0.372. The number of carbonyl (C=O) groups excluding carboxylic acids is 1. The maximum atomic E-state index is 14.3. The second-order valence-electron chi connectivity index (χ2n) is 9.22. The fourth-order valence-electron chi connectivity index (χ4n) is 3.93. The van der Waals surface area contributed by atoms with E-state index in [1.807, 2.05) is 38.1 Å². The van der Waals surface area contributed by atoms with Crippen molar-refractivity contribution in [2.75, 3.05) is 26.4 Å². The summed E-state index contributed by atoms with van der Waals surface area (Å²) in [7, 11) is 3.18. The second kappa shape index (κ2) is 9.46. The molecule has 0 radical (unpaired) electrons. The number of halogens is 1. The molecular formula is C25H30FN7O2. The van der Waals surface area contributed by atoms with Gasteiger partial charge in [0, 0.05) is 42.6 Å². The van der Waals surface area contributed by atoms with E-state index >= 15 is 0 Å². The molecule has 0 unspecified atom stereocenters. The number of hydrogen-bond donors (Lipinski definition) is 2. The third-order valence-electron chi connectivity index (χ3n) is 5.98. The summed E-state index contributed by atoms with van der Waals surface area (Å²) in [5.41, 5.74) is 14.2. The van der Waals surface area contributed by atoms with Gasteiger partial charge in [-0.15, -0.1) is 5.10 Å². The number of benzene rings is 2. The van der Waals surface area contributed by atoms with E-state index in [0.29, 0.717) is 40.9 Å². The Morgan fingerprint density at radius 2 is 1.89 bits per heavy atom. The zero-order chi connectivity index (χ0) is 25.3. The van der Waals surface area contributed by atoms with E-state index < -0.39 is 11.4 Å². The third-order valence-corrected chi connectivity index (χ3v) is 5.98. The number of fused-ring (bicyclic) bond motifs is 3. The number of nitrogen functional groups attached to an aromatic ring is 1. The average molecular weight is 480 g/mol. The molecule has 0 saturated carbocycles. The summed E-state index contributed by atoms with van der Waals surface area (Å²) in [4.78, 5) is 23.3. The first-order chi connectivity index (χ1) is 16.6. The Bertz CT molecular complexity index is 1380. The van der Waals surface area contributed by atoms with Crippen molar-refractivity contribution in [3.8, 4) is 5.75 Å². The molecule has 2 aromatic carbocycles. The lowest BCUT2D eigenvalue weighted by Crippen LogP contribution is -2.29. The fourth-order valence-corrected chi connectivity index (χ4v) is 3.93. The van der Waals surface area contributed by atoms with Crippen molar-refractivity contribution in [1.82, 2.24) is 24.5 Å². The van der Waals surface area contributed by atoms with Crippen molar-refractivity contribution in [3.63, 3.8) is 0 Å². The van der Waals surface area contributed by atoms with Gasteiger partial charge in [0.2, 0.25) is 5.95 Å². The van der Waals surface area contributed by atoms with Crippen molar-refractivity contribution in [2.45, 2.75) is 38.6 Å². The number of carbonyl (C=O) groups is 1. The van der Waals surface area contributed by atoms with Crippen LogP contribution in [0.5, 0.6) is 5.75 Å². The number of hydrogen-bond acceptors (Lipinski definition) is 7. The Labute approximate surface area is 202 Å². The van der Waals surface area contributed by atoms with Crippen LogP contribution in [0.2, 0.25) is 0 Å². The molecule has 4 N–H and O–H groups in total. The predicted molar refractivity (Wildman–Crippen MR) is 133 cm³/mol. The van der Waals surface area contributed by atoms with Crippen LogP contribution in [0.15, 0.2) is 36.4 Å². The van der Waals surface area contributed by atoms with Gasteiger partial charge in [0.1, 0.15) is 0 Å². The van der Waals surface area contributed by atoms with E-state index in [-0.39, 0.29) is 17.6 Å². The van der Waals surface area contributed by atoms with Crippen LogP contribution in [0.1, 0.15) is 48.4 Å². The largest absolute Gasteiger partial charge is 0.494 e. The highest BCUT2D eigenvalue weighted by molar-refractivity contribution is 5.94. The molecule has 0 aliphatic rings. The maximum Gasteiger partial charge on any atom is 0.253 e. The van der Waals surface area contributed by atoms with Gasteiger partial charge >= 0.3 is 0 Å². The summed E-state index contributed by atoms with van der Waals surface area (Å²) >= 11 is 0. The minimum Gasteiger partial charge on any atom is -0.494 e. The van der Waals surface area contributed by atoms with Crippen LogP contribution < -0.4 is 16.2 Å². The van der Waals surface area contributed by atoms with Crippen molar-refractivity contribution >= 4 is 28.4 Å². The lowest BCUT2D eigenvalue weighted by Gasteiger charge is -2.20. The van der Waals surface area contributed by atoms with Crippen LogP contribution in [0.4, 0.5) is 10.3 Å². The third kappa shape index (κ3) is 5.02. The summed E-state index contributed by atoms with van der Waals surface area (Å²) in [5, 5.41) is 4.94. The number of aromatic nitrogens is 4. The molecule has 0 atom stereocenters. The van der Waals surface area contributed by atoms with E-state index in [0.717, 1.165) is 18.4 Å². The monoisotopic (exact) mass is 479 g/mol. The molecule has 2 aromatic heterocycles. The van der Waals surface area contributed by atoms with Gasteiger partial charge in [-0.2, -0.15) is 4.52 Å². The molecule has 10 heteroatoms. The standard InChI is InChI=1S/C25H30FN7O2/c1-25(2,28)16-10-8-15(9-11-16)23(34)32(3)12-6-5-7-21-30-22-17-13-18(26)20(35-4)14-19(17)29-24(27)33(22)31-21/h8-11,13-14H,5-7,12,28H2,1-4H3,(H2,27,29). The Balaban J connectivity index is 1.39. The summed E-state index contributed by atoms with van der Waals surface area (Å²) in [6.45, 7) is 4.45. The van der Waals surface area contributed by atoms with Crippen molar-refractivity contribution < 1.29 is 13.9 Å². The van der Waals surface area contributed by atoms with Crippen molar-refractivity contribution in [1.29, 1.82) is 0 Å². The van der Waals surface area contributed by atoms with Crippen LogP contribution in [-0.2, 0) is 12.0 Å². The molecule has 0 aliphatic heterocycles. The van der Waals surface area contributed by atoms with Gasteiger partial charge in [0.15, 0.2) is 23.0 Å². The van der Waals surface area contributed by atoms with Gasteiger partial charge in [-0.1, -0.05) is 12.1 Å². The highest BCUT2D eigenvalue weighted by Crippen LogP contribution is 2.27. The molecule has 35 heavy (non-hydrogen) atoms.